The highest BCUT2D eigenvalue weighted by Crippen LogP contribution is 2.61. The van der Waals surface area contributed by atoms with Crippen LogP contribution in [0.25, 0.3) is 11.3 Å². The van der Waals surface area contributed by atoms with Crippen molar-refractivity contribution in [3.05, 3.63) is 52.3 Å². The fourth-order valence-electron chi connectivity index (χ4n) is 6.70. The van der Waals surface area contributed by atoms with Gasteiger partial charge in [-0.15, -0.1) is 0 Å². The van der Waals surface area contributed by atoms with Crippen LogP contribution in [-0.4, -0.2) is 22.0 Å². The van der Waals surface area contributed by atoms with Crippen LogP contribution in [0, 0.1) is 33.3 Å². The fourth-order valence-corrected chi connectivity index (χ4v) is 6.97. The molecule has 2 N–H and O–H groups in total. The lowest BCUT2D eigenvalue weighted by Crippen LogP contribution is -2.57. The minimum atomic E-state index is -0.470. The van der Waals surface area contributed by atoms with E-state index in [9.17, 15) is 14.9 Å². The molecule has 0 spiro atoms. The zero-order chi connectivity index (χ0) is 22.5. The van der Waals surface area contributed by atoms with E-state index in [1.165, 1.54) is 50.7 Å². The van der Waals surface area contributed by atoms with Crippen LogP contribution < -0.4 is 10.6 Å². The number of thiocarbonyl (C=S) groups is 1. The van der Waals surface area contributed by atoms with E-state index >= 15 is 0 Å². The molecular weight excluding hydrogens is 426 g/mol. The average Bonchev–Trinajstić information content (AvgIpc) is 3.23. The van der Waals surface area contributed by atoms with Crippen molar-refractivity contribution in [1.29, 1.82) is 0 Å². The summed E-state index contributed by atoms with van der Waals surface area (Å²) in [6, 6.07) is 9.55. The van der Waals surface area contributed by atoms with Crippen molar-refractivity contribution in [3.63, 3.8) is 0 Å². The second-order valence-corrected chi connectivity index (χ2v) is 10.3. The van der Waals surface area contributed by atoms with Crippen LogP contribution in [0.2, 0.25) is 0 Å². The monoisotopic (exact) mass is 453 g/mol. The van der Waals surface area contributed by atoms with E-state index in [0.29, 0.717) is 10.7 Å². The van der Waals surface area contributed by atoms with E-state index in [2.05, 4.69) is 17.6 Å². The van der Waals surface area contributed by atoms with Crippen LogP contribution in [0.4, 0.5) is 5.69 Å². The van der Waals surface area contributed by atoms with E-state index in [1.54, 1.807) is 24.3 Å². The molecule has 0 radical (unpaired) electrons. The summed E-state index contributed by atoms with van der Waals surface area (Å²) in [5.41, 5.74) is 0.524. The molecule has 0 aliphatic heterocycles. The SMILES string of the molecule is C[C@@H](NC(=S)NC(=O)c1ccc(-c2ccccc2[N+](=O)[O-])o1)C12CC3CC(CC(C3)C1)C2. The van der Waals surface area contributed by atoms with E-state index in [-0.39, 0.29) is 28.7 Å². The van der Waals surface area contributed by atoms with Gasteiger partial charge in [-0.05, 0) is 99.0 Å². The summed E-state index contributed by atoms with van der Waals surface area (Å²) in [6.07, 6.45) is 7.90. The highest BCUT2D eigenvalue weighted by Gasteiger charge is 2.53. The number of furan rings is 1. The van der Waals surface area contributed by atoms with Crippen molar-refractivity contribution in [2.24, 2.45) is 23.2 Å². The lowest BCUT2D eigenvalue weighted by atomic mass is 9.48. The number of nitrogens with one attached hydrogen (secondary N) is 2. The Morgan fingerprint density at radius 1 is 1.12 bits per heavy atom. The molecule has 6 rings (SSSR count). The third-order valence-corrected chi connectivity index (χ3v) is 7.99. The number of amides is 1. The number of nitrogens with zero attached hydrogens (tertiary/aromatic N) is 1. The first-order valence-corrected chi connectivity index (χ1v) is 11.7. The van der Waals surface area contributed by atoms with Crippen molar-refractivity contribution in [3.8, 4) is 11.3 Å². The van der Waals surface area contributed by atoms with Gasteiger partial charge in [0.25, 0.3) is 11.6 Å². The summed E-state index contributed by atoms with van der Waals surface area (Å²) < 4.78 is 5.62. The Hall–Kier alpha value is -2.74. The van der Waals surface area contributed by atoms with Gasteiger partial charge < -0.3 is 9.73 Å². The second kappa shape index (κ2) is 7.99. The van der Waals surface area contributed by atoms with Gasteiger partial charge >= 0.3 is 0 Å². The van der Waals surface area contributed by atoms with Gasteiger partial charge in [-0.2, -0.15) is 0 Å². The largest absolute Gasteiger partial charge is 0.451 e. The van der Waals surface area contributed by atoms with Crippen LogP contribution in [0.3, 0.4) is 0 Å². The van der Waals surface area contributed by atoms with Gasteiger partial charge in [-0.1, -0.05) is 12.1 Å². The van der Waals surface area contributed by atoms with Gasteiger partial charge in [0.05, 0.1) is 10.5 Å². The van der Waals surface area contributed by atoms with Gasteiger partial charge in [-0.25, -0.2) is 0 Å². The zero-order valence-corrected chi connectivity index (χ0v) is 18.8. The first-order chi connectivity index (χ1) is 15.3. The molecular formula is C24H27N3O4S. The Labute approximate surface area is 192 Å². The minimum absolute atomic E-state index is 0.0600. The Balaban J connectivity index is 1.23. The molecule has 4 aliphatic carbocycles. The third-order valence-electron chi connectivity index (χ3n) is 7.77. The maximum absolute atomic E-state index is 12.7. The van der Waals surface area contributed by atoms with Crippen molar-refractivity contribution in [2.45, 2.75) is 51.5 Å². The number of hydrogen-bond donors (Lipinski definition) is 2. The second-order valence-electron chi connectivity index (χ2n) is 9.87. The molecule has 7 nitrogen and oxygen atoms in total. The number of rotatable bonds is 5. The maximum atomic E-state index is 12.7. The Bertz CT molecular complexity index is 1040. The van der Waals surface area contributed by atoms with Gasteiger partial charge in [0, 0.05) is 12.1 Å². The van der Waals surface area contributed by atoms with E-state index < -0.39 is 10.8 Å². The number of benzene rings is 1. The average molecular weight is 454 g/mol. The Kier molecular flexibility index (Phi) is 5.28. The van der Waals surface area contributed by atoms with Gasteiger partial charge in [0.1, 0.15) is 5.76 Å². The summed E-state index contributed by atoms with van der Waals surface area (Å²) in [7, 11) is 0. The van der Waals surface area contributed by atoms with Crippen LogP contribution in [0.1, 0.15) is 56.0 Å². The minimum Gasteiger partial charge on any atom is -0.451 e. The maximum Gasteiger partial charge on any atom is 0.293 e. The number of hydrogen-bond acceptors (Lipinski definition) is 5. The number of carbonyl (C=O) groups excluding carboxylic acids is 1. The van der Waals surface area contributed by atoms with E-state index in [4.69, 9.17) is 16.6 Å². The van der Waals surface area contributed by atoms with E-state index in [0.717, 1.165) is 17.8 Å². The fraction of sp³-hybridized carbons (Fsp3) is 0.500. The lowest BCUT2D eigenvalue weighted by Gasteiger charge is -2.59. The molecule has 1 heterocycles. The summed E-state index contributed by atoms with van der Waals surface area (Å²) in [5, 5.41) is 17.6. The predicted molar refractivity (Wildman–Crippen MR) is 124 cm³/mol. The van der Waals surface area contributed by atoms with Gasteiger partial charge in [-0.3, -0.25) is 20.2 Å². The normalized spacial score (nSPS) is 28.8. The molecule has 0 unspecified atom stereocenters. The molecule has 1 aromatic heterocycles. The molecule has 4 fully saturated rings. The molecule has 0 saturated heterocycles. The van der Waals surface area contributed by atoms with Crippen molar-refractivity contribution < 1.29 is 14.1 Å². The molecule has 4 saturated carbocycles. The summed E-state index contributed by atoms with van der Waals surface area (Å²) in [6.45, 7) is 2.19. The molecule has 1 atom stereocenters. The molecule has 168 valence electrons. The topological polar surface area (TPSA) is 97.4 Å². The first kappa shape index (κ1) is 21.1. The van der Waals surface area contributed by atoms with Crippen molar-refractivity contribution in [1.82, 2.24) is 10.6 Å². The number of carbonyl (C=O) groups is 1. The Morgan fingerprint density at radius 2 is 1.75 bits per heavy atom. The standard InChI is InChI=1S/C24H27N3O4S/c1-14(24-11-15-8-16(12-24)10-17(9-15)13-24)25-23(32)26-22(28)21-7-6-20(31-21)18-4-2-3-5-19(18)27(29)30/h2-7,14-17H,8-13H2,1H3,(H2,25,26,28,32)/t14-,15?,16?,17?,24?/m1/s1. The molecule has 1 amide bonds. The van der Waals surface area contributed by atoms with E-state index in [1.807, 2.05) is 0 Å². The molecule has 32 heavy (non-hydrogen) atoms. The van der Waals surface area contributed by atoms with Gasteiger partial charge in [0.15, 0.2) is 10.9 Å². The quantitative estimate of drug-likeness (QED) is 0.373. The van der Waals surface area contributed by atoms with Gasteiger partial charge in [0.2, 0.25) is 0 Å². The highest BCUT2D eigenvalue weighted by molar-refractivity contribution is 7.80. The molecule has 4 aliphatic rings. The van der Waals surface area contributed by atoms with Crippen LogP contribution in [-0.2, 0) is 0 Å². The lowest BCUT2D eigenvalue weighted by molar-refractivity contribution is -0.384. The molecule has 1 aromatic carbocycles. The molecule has 2 aromatic rings. The summed E-state index contributed by atoms with van der Waals surface area (Å²) >= 11 is 5.44. The predicted octanol–water partition coefficient (Wildman–Crippen LogP) is 5.06. The van der Waals surface area contributed by atoms with Crippen LogP contribution in [0.5, 0.6) is 0 Å². The summed E-state index contributed by atoms with van der Waals surface area (Å²) in [4.78, 5) is 23.5. The zero-order valence-electron chi connectivity index (χ0n) is 18.0. The third kappa shape index (κ3) is 3.81. The van der Waals surface area contributed by atoms with Crippen molar-refractivity contribution in [2.75, 3.05) is 0 Å². The first-order valence-electron chi connectivity index (χ1n) is 11.3. The number of nitro groups is 1. The van der Waals surface area contributed by atoms with Crippen LogP contribution >= 0.6 is 12.2 Å². The highest BCUT2D eigenvalue weighted by atomic mass is 32.1. The van der Waals surface area contributed by atoms with Crippen molar-refractivity contribution >= 4 is 28.9 Å². The number of nitro benzene ring substituents is 1. The molecule has 8 heteroatoms. The number of para-hydroxylation sites is 1. The smallest absolute Gasteiger partial charge is 0.293 e. The van der Waals surface area contributed by atoms with Crippen LogP contribution in [0.15, 0.2) is 40.8 Å². The Morgan fingerprint density at radius 3 is 2.38 bits per heavy atom. The summed E-state index contributed by atoms with van der Waals surface area (Å²) in [5.74, 6) is 2.39. The molecule has 4 bridgehead atoms.